The van der Waals surface area contributed by atoms with E-state index in [1.54, 1.807) is 12.1 Å². The molecule has 3 rings (SSSR count). The minimum absolute atomic E-state index is 0.0480. The van der Waals surface area contributed by atoms with Crippen molar-refractivity contribution in [1.82, 2.24) is 10.3 Å². The van der Waals surface area contributed by atoms with Crippen LogP contribution in [0, 0.1) is 5.82 Å². The van der Waals surface area contributed by atoms with Crippen molar-refractivity contribution in [2.45, 2.75) is 24.6 Å². The number of carbonyl (C=O) groups excluding carboxylic acids is 1. The molecule has 3 unspecified atom stereocenters. The summed E-state index contributed by atoms with van der Waals surface area (Å²) in [5.41, 5.74) is 3.88. The standard InChI is InChI=1S/C18H20F3N3O2P2/c19-14-5-10(27)2-4-11(14)13-6-15(16(22)25)24-17-12(13)3-1-9(26-17)7-23-8-18(20,21)28/h2,4-6,9,23H,1,3,7-8,27-28H2,(H2,22,25). The van der Waals surface area contributed by atoms with Gasteiger partial charge in [-0.05, 0) is 35.8 Å². The second-order valence-corrected chi connectivity index (χ2v) is 8.12. The molecule has 1 aromatic carbocycles. The molecule has 0 saturated heterocycles. The van der Waals surface area contributed by atoms with Crippen LogP contribution in [0.25, 0.3) is 11.1 Å². The van der Waals surface area contributed by atoms with Gasteiger partial charge in [-0.3, -0.25) is 4.79 Å². The molecule has 3 N–H and O–H groups in total. The van der Waals surface area contributed by atoms with Crippen molar-refractivity contribution < 1.29 is 22.7 Å². The summed E-state index contributed by atoms with van der Waals surface area (Å²) in [5, 5.41) is 3.33. The lowest BCUT2D eigenvalue weighted by molar-refractivity contribution is 0.0934. The normalized spacial score (nSPS) is 16.4. The van der Waals surface area contributed by atoms with Gasteiger partial charge in [0.05, 0.1) is 6.54 Å². The van der Waals surface area contributed by atoms with E-state index in [1.165, 1.54) is 21.4 Å². The molecule has 28 heavy (non-hydrogen) atoms. The summed E-state index contributed by atoms with van der Waals surface area (Å²) >= 11 is 0. The number of hydrogen-bond donors (Lipinski definition) is 2. The van der Waals surface area contributed by atoms with E-state index in [9.17, 15) is 18.0 Å². The number of aromatic nitrogens is 1. The summed E-state index contributed by atoms with van der Waals surface area (Å²) in [6.07, 6.45) is 0.640. The number of halogens is 3. The van der Waals surface area contributed by atoms with Crippen LogP contribution in [0.5, 0.6) is 5.88 Å². The SMILES string of the molecule is NC(=O)c1cc(-c2ccc(P)cc2F)c2c(n1)OC(CNCC(F)(F)P)CC2. The van der Waals surface area contributed by atoms with Crippen LogP contribution in [0.3, 0.4) is 0 Å². The number of carbonyl (C=O) groups is 1. The highest BCUT2D eigenvalue weighted by Crippen LogP contribution is 2.36. The highest BCUT2D eigenvalue weighted by atomic mass is 31.0. The van der Waals surface area contributed by atoms with Crippen LogP contribution in [0.1, 0.15) is 22.5 Å². The number of nitrogens with one attached hydrogen (secondary N) is 1. The van der Waals surface area contributed by atoms with Crippen LogP contribution in [-0.4, -0.2) is 35.7 Å². The van der Waals surface area contributed by atoms with Gasteiger partial charge in [0.2, 0.25) is 5.88 Å². The van der Waals surface area contributed by atoms with Crippen LogP contribution in [0.4, 0.5) is 13.2 Å². The number of primary amides is 1. The van der Waals surface area contributed by atoms with Gasteiger partial charge in [0.25, 0.3) is 11.6 Å². The molecule has 0 spiro atoms. The topological polar surface area (TPSA) is 77.2 Å². The molecule has 1 aromatic heterocycles. The summed E-state index contributed by atoms with van der Waals surface area (Å²) in [4.78, 5) is 15.8. The zero-order chi connectivity index (χ0) is 20.5. The Morgan fingerprint density at radius 1 is 1.36 bits per heavy atom. The molecule has 10 heteroatoms. The summed E-state index contributed by atoms with van der Waals surface area (Å²) in [7, 11) is 3.89. The average molecular weight is 429 g/mol. The number of ether oxygens (including phenoxy) is 1. The van der Waals surface area contributed by atoms with Crippen LogP contribution < -0.4 is 21.1 Å². The summed E-state index contributed by atoms with van der Waals surface area (Å²) in [6.45, 7) is -0.311. The Bertz CT molecular complexity index is 906. The first-order chi connectivity index (χ1) is 13.1. The van der Waals surface area contributed by atoms with Gasteiger partial charge in [-0.1, -0.05) is 21.4 Å². The number of nitrogens with zero attached hydrogens (tertiary/aromatic N) is 1. The van der Waals surface area contributed by atoms with Crippen molar-refractivity contribution in [1.29, 1.82) is 0 Å². The zero-order valence-corrected chi connectivity index (χ0v) is 17.2. The number of pyridine rings is 1. The van der Waals surface area contributed by atoms with Gasteiger partial charge in [-0.25, -0.2) is 18.2 Å². The largest absolute Gasteiger partial charge is 0.473 e. The second kappa shape index (κ2) is 8.32. The molecule has 150 valence electrons. The minimum atomic E-state index is -2.90. The molecule has 0 bridgehead atoms. The fraction of sp³-hybridized carbons (Fsp3) is 0.333. The van der Waals surface area contributed by atoms with Crippen molar-refractivity contribution in [3.05, 3.63) is 41.3 Å². The Morgan fingerprint density at radius 2 is 2.11 bits per heavy atom. The molecule has 1 aliphatic heterocycles. The lowest BCUT2D eigenvalue weighted by atomic mass is 9.94. The van der Waals surface area contributed by atoms with Gasteiger partial charge in [-0.2, -0.15) is 0 Å². The van der Waals surface area contributed by atoms with Crippen LogP contribution in [0.15, 0.2) is 24.3 Å². The van der Waals surface area contributed by atoms with E-state index in [0.29, 0.717) is 34.8 Å². The van der Waals surface area contributed by atoms with E-state index in [0.717, 1.165) is 0 Å². The predicted molar refractivity (Wildman–Crippen MR) is 108 cm³/mol. The third kappa shape index (κ3) is 4.99. The number of nitrogens with two attached hydrogens (primary N) is 1. The van der Waals surface area contributed by atoms with Gasteiger partial charge in [0.1, 0.15) is 17.6 Å². The van der Waals surface area contributed by atoms with Crippen molar-refractivity contribution >= 4 is 29.7 Å². The number of amides is 1. The summed E-state index contributed by atoms with van der Waals surface area (Å²) in [5.74, 6) is -1.03. The molecule has 5 nitrogen and oxygen atoms in total. The van der Waals surface area contributed by atoms with E-state index < -0.39 is 30.0 Å². The third-order valence-electron chi connectivity index (χ3n) is 4.35. The molecule has 0 radical (unpaired) electrons. The molecule has 0 fully saturated rings. The number of fused-ring (bicyclic) bond motifs is 1. The van der Waals surface area contributed by atoms with E-state index >= 15 is 0 Å². The number of alkyl halides is 2. The van der Waals surface area contributed by atoms with E-state index in [1.807, 2.05) is 0 Å². The van der Waals surface area contributed by atoms with Crippen LogP contribution in [-0.2, 0) is 6.42 Å². The fourth-order valence-electron chi connectivity index (χ4n) is 3.07. The highest BCUT2D eigenvalue weighted by Gasteiger charge is 2.28. The van der Waals surface area contributed by atoms with Gasteiger partial charge in [-0.15, -0.1) is 9.24 Å². The first kappa shape index (κ1) is 21.0. The molecule has 3 atom stereocenters. The van der Waals surface area contributed by atoms with Gasteiger partial charge >= 0.3 is 0 Å². The van der Waals surface area contributed by atoms with E-state index in [2.05, 4.69) is 19.5 Å². The molecule has 2 heterocycles. The highest BCUT2D eigenvalue weighted by molar-refractivity contribution is 7.27. The molecule has 0 aliphatic carbocycles. The molecular formula is C18H20F3N3O2P2. The smallest absolute Gasteiger partial charge is 0.271 e. The first-order valence-corrected chi connectivity index (χ1v) is 9.72. The zero-order valence-electron chi connectivity index (χ0n) is 14.8. The van der Waals surface area contributed by atoms with E-state index in [-0.39, 0.29) is 18.1 Å². The number of rotatable bonds is 6. The summed E-state index contributed by atoms with van der Waals surface area (Å²) in [6, 6.07) is 6.18. The lowest BCUT2D eigenvalue weighted by Crippen LogP contribution is -2.38. The Morgan fingerprint density at radius 3 is 2.75 bits per heavy atom. The molecular weight excluding hydrogens is 409 g/mol. The number of hydrogen-bond acceptors (Lipinski definition) is 4. The van der Waals surface area contributed by atoms with Gasteiger partial charge in [0.15, 0.2) is 0 Å². The lowest BCUT2D eigenvalue weighted by Gasteiger charge is -2.28. The maximum Gasteiger partial charge on any atom is 0.271 e. The van der Waals surface area contributed by atoms with Crippen LogP contribution in [0.2, 0.25) is 0 Å². The maximum absolute atomic E-state index is 14.5. The van der Waals surface area contributed by atoms with Crippen molar-refractivity contribution in [2.24, 2.45) is 5.73 Å². The Labute approximate surface area is 165 Å². The summed E-state index contributed by atoms with van der Waals surface area (Å²) < 4.78 is 46.2. The van der Waals surface area contributed by atoms with Crippen LogP contribution >= 0.6 is 18.5 Å². The van der Waals surface area contributed by atoms with E-state index in [4.69, 9.17) is 10.5 Å². The molecule has 1 aliphatic rings. The van der Waals surface area contributed by atoms with Gasteiger partial charge < -0.3 is 15.8 Å². The number of benzene rings is 1. The van der Waals surface area contributed by atoms with Crippen molar-refractivity contribution in [2.75, 3.05) is 13.1 Å². The molecule has 1 amide bonds. The second-order valence-electron chi connectivity index (χ2n) is 6.61. The van der Waals surface area contributed by atoms with Gasteiger partial charge in [0, 0.05) is 17.7 Å². The predicted octanol–water partition coefficient (Wildman–Crippen LogP) is 2.24. The Hall–Kier alpha value is -1.75. The Balaban J connectivity index is 1.92. The van der Waals surface area contributed by atoms with Crippen molar-refractivity contribution in [3.63, 3.8) is 0 Å². The maximum atomic E-state index is 14.5. The average Bonchev–Trinajstić information content (AvgIpc) is 2.59. The third-order valence-corrected chi connectivity index (χ3v) is 4.91. The Kier molecular flexibility index (Phi) is 6.23. The first-order valence-electron chi connectivity index (χ1n) is 8.57. The fourth-order valence-corrected chi connectivity index (χ4v) is 3.46. The molecule has 2 aromatic rings. The quantitative estimate of drug-likeness (QED) is 0.691. The molecule has 0 saturated carbocycles. The van der Waals surface area contributed by atoms with Crippen molar-refractivity contribution in [3.8, 4) is 17.0 Å². The minimum Gasteiger partial charge on any atom is -0.473 e. The monoisotopic (exact) mass is 429 g/mol.